The molecule has 1 aromatic heterocycles. The largest absolute Gasteiger partial charge is 0.459 e. The molecule has 2 N–H and O–H groups in total. The fourth-order valence-electron chi connectivity index (χ4n) is 3.63. The lowest BCUT2D eigenvalue weighted by atomic mass is 10.0. The second-order valence-electron chi connectivity index (χ2n) is 7.33. The highest BCUT2D eigenvalue weighted by atomic mass is 16.3. The van der Waals surface area contributed by atoms with Crippen molar-refractivity contribution in [1.82, 2.24) is 5.32 Å². The summed E-state index contributed by atoms with van der Waals surface area (Å²) >= 11 is 0. The number of hydrogen-bond acceptors (Lipinski definition) is 4. The molecule has 0 atom stereocenters. The van der Waals surface area contributed by atoms with Gasteiger partial charge in [-0.25, -0.2) is 0 Å². The van der Waals surface area contributed by atoms with E-state index in [1.807, 2.05) is 36.4 Å². The molecule has 31 heavy (non-hydrogen) atoms. The molecule has 2 heterocycles. The number of nitrogens with one attached hydrogen (secondary N) is 2. The third-order valence-electron chi connectivity index (χ3n) is 5.19. The molecule has 0 saturated carbocycles. The van der Waals surface area contributed by atoms with Gasteiger partial charge in [-0.3, -0.25) is 14.4 Å². The van der Waals surface area contributed by atoms with E-state index in [4.69, 9.17) is 4.42 Å². The molecule has 1 aliphatic heterocycles. The average molecular weight is 417 g/mol. The van der Waals surface area contributed by atoms with E-state index in [-0.39, 0.29) is 11.7 Å². The number of carbonyl (C=O) groups is 3. The summed E-state index contributed by atoms with van der Waals surface area (Å²) in [6.07, 6.45) is 3.79. The van der Waals surface area contributed by atoms with E-state index < -0.39 is 11.8 Å². The summed E-state index contributed by atoms with van der Waals surface area (Å²) in [5.74, 6) is -1.40. The molecule has 0 spiro atoms. The first-order chi connectivity index (χ1) is 15.1. The van der Waals surface area contributed by atoms with Crippen LogP contribution in [0.15, 0.2) is 71.3 Å². The van der Waals surface area contributed by atoms with Crippen LogP contribution < -0.4 is 15.5 Å². The summed E-state index contributed by atoms with van der Waals surface area (Å²) in [6, 6.07) is 18.4. The SMILES string of the molecule is O=C(NCCc1ccccc1)C(=O)Nc1ccc2c(c1)N(C(=O)c1ccco1)CCC2. The van der Waals surface area contributed by atoms with Crippen LogP contribution in [0.5, 0.6) is 0 Å². The average Bonchev–Trinajstić information content (AvgIpc) is 3.34. The van der Waals surface area contributed by atoms with Crippen LogP contribution in [-0.4, -0.2) is 30.8 Å². The number of anilines is 2. The fourth-order valence-corrected chi connectivity index (χ4v) is 3.63. The third kappa shape index (κ3) is 4.83. The Morgan fingerprint density at radius 3 is 2.58 bits per heavy atom. The number of benzene rings is 2. The molecule has 3 amide bonds. The van der Waals surface area contributed by atoms with Crippen molar-refractivity contribution in [2.75, 3.05) is 23.3 Å². The van der Waals surface area contributed by atoms with Gasteiger partial charge in [0.15, 0.2) is 5.76 Å². The van der Waals surface area contributed by atoms with E-state index in [1.165, 1.54) is 6.26 Å². The number of rotatable bonds is 5. The number of carbonyl (C=O) groups excluding carboxylic acids is 3. The van der Waals surface area contributed by atoms with Crippen LogP contribution in [-0.2, 0) is 22.4 Å². The van der Waals surface area contributed by atoms with Crippen LogP contribution in [0.1, 0.15) is 28.1 Å². The summed E-state index contributed by atoms with van der Waals surface area (Å²) in [7, 11) is 0. The van der Waals surface area contributed by atoms with Gasteiger partial charge >= 0.3 is 11.8 Å². The molecular formula is C24H23N3O4. The minimum absolute atomic E-state index is 0.229. The van der Waals surface area contributed by atoms with Gasteiger partial charge < -0.3 is 20.0 Å². The highest BCUT2D eigenvalue weighted by Gasteiger charge is 2.26. The first kappa shape index (κ1) is 20.4. The Balaban J connectivity index is 1.40. The smallest absolute Gasteiger partial charge is 0.313 e. The van der Waals surface area contributed by atoms with Gasteiger partial charge in [-0.2, -0.15) is 0 Å². The Hall–Kier alpha value is -3.87. The molecule has 0 aliphatic carbocycles. The van der Waals surface area contributed by atoms with E-state index in [0.29, 0.717) is 25.2 Å². The van der Waals surface area contributed by atoms with Gasteiger partial charge in [0.1, 0.15) is 0 Å². The fraction of sp³-hybridized carbons (Fsp3) is 0.208. The Labute approximate surface area is 180 Å². The maximum Gasteiger partial charge on any atom is 0.313 e. The zero-order valence-electron chi connectivity index (χ0n) is 17.0. The summed E-state index contributed by atoms with van der Waals surface area (Å²) in [5, 5.41) is 5.25. The number of fused-ring (bicyclic) bond motifs is 1. The second-order valence-corrected chi connectivity index (χ2v) is 7.33. The van der Waals surface area contributed by atoms with Crippen LogP contribution >= 0.6 is 0 Å². The number of nitrogens with zero attached hydrogens (tertiary/aromatic N) is 1. The van der Waals surface area contributed by atoms with E-state index in [0.717, 1.165) is 29.7 Å². The third-order valence-corrected chi connectivity index (χ3v) is 5.19. The van der Waals surface area contributed by atoms with Gasteiger partial charge in [0.25, 0.3) is 5.91 Å². The Morgan fingerprint density at radius 1 is 0.968 bits per heavy atom. The van der Waals surface area contributed by atoms with E-state index in [9.17, 15) is 14.4 Å². The van der Waals surface area contributed by atoms with Crippen LogP contribution in [0.4, 0.5) is 11.4 Å². The van der Waals surface area contributed by atoms with Gasteiger partial charge in [0.05, 0.1) is 6.26 Å². The molecule has 7 heteroatoms. The van der Waals surface area contributed by atoms with Crippen LogP contribution in [0, 0.1) is 0 Å². The molecule has 0 unspecified atom stereocenters. The molecule has 0 fully saturated rings. The van der Waals surface area contributed by atoms with Gasteiger partial charge in [-0.05, 0) is 54.7 Å². The van der Waals surface area contributed by atoms with Crippen LogP contribution in [0.2, 0.25) is 0 Å². The normalized spacial score (nSPS) is 12.7. The van der Waals surface area contributed by atoms with Crippen molar-refractivity contribution in [3.05, 3.63) is 83.8 Å². The number of furan rings is 1. The first-order valence-corrected chi connectivity index (χ1v) is 10.2. The van der Waals surface area contributed by atoms with Crippen molar-refractivity contribution in [3.63, 3.8) is 0 Å². The Bertz CT molecular complexity index is 1080. The molecule has 0 saturated heterocycles. The number of amides is 3. The molecule has 0 radical (unpaired) electrons. The molecule has 1 aliphatic rings. The standard InChI is InChI=1S/C24H23N3O4/c28-22(25-13-12-17-6-2-1-3-7-17)23(29)26-19-11-10-18-8-4-14-27(20(18)16-19)24(30)21-9-5-15-31-21/h1-3,5-7,9-11,15-16H,4,8,12-14H2,(H,25,28)(H,26,29). The molecular weight excluding hydrogens is 394 g/mol. The maximum atomic E-state index is 12.8. The summed E-state index contributed by atoms with van der Waals surface area (Å²) in [4.78, 5) is 38.9. The lowest BCUT2D eigenvalue weighted by Crippen LogP contribution is -2.37. The van der Waals surface area contributed by atoms with Crippen LogP contribution in [0.25, 0.3) is 0 Å². The van der Waals surface area contributed by atoms with Crippen molar-refractivity contribution < 1.29 is 18.8 Å². The van der Waals surface area contributed by atoms with Crippen molar-refractivity contribution in [2.45, 2.75) is 19.3 Å². The molecule has 158 valence electrons. The van der Waals surface area contributed by atoms with Gasteiger partial charge in [-0.15, -0.1) is 0 Å². The number of hydrogen-bond donors (Lipinski definition) is 2. The molecule has 3 aromatic rings. The second kappa shape index (κ2) is 9.30. The minimum atomic E-state index is -0.743. The first-order valence-electron chi connectivity index (χ1n) is 10.2. The monoisotopic (exact) mass is 417 g/mol. The summed E-state index contributed by atoms with van der Waals surface area (Å²) in [6.45, 7) is 0.926. The van der Waals surface area contributed by atoms with Crippen molar-refractivity contribution in [1.29, 1.82) is 0 Å². The van der Waals surface area contributed by atoms with Crippen molar-refractivity contribution >= 4 is 29.1 Å². The highest BCUT2D eigenvalue weighted by molar-refractivity contribution is 6.39. The zero-order chi connectivity index (χ0) is 21.6. The minimum Gasteiger partial charge on any atom is -0.459 e. The quantitative estimate of drug-likeness (QED) is 0.624. The molecule has 7 nitrogen and oxygen atoms in total. The summed E-state index contributed by atoms with van der Waals surface area (Å²) in [5.41, 5.74) is 3.27. The summed E-state index contributed by atoms with van der Waals surface area (Å²) < 4.78 is 5.25. The lowest BCUT2D eigenvalue weighted by Gasteiger charge is -2.29. The molecule has 0 bridgehead atoms. The van der Waals surface area contributed by atoms with E-state index in [1.54, 1.807) is 29.2 Å². The van der Waals surface area contributed by atoms with Gasteiger partial charge in [0, 0.05) is 24.5 Å². The van der Waals surface area contributed by atoms with Crippen LogP contribution in [0.3, 0.4) is 0 Å². The van der Waals surface area contributed by atoms with Gasteiger partial charge in [0.2, 0.25) is 0 Å². The lowest BCUT2D eigenvalue weighted by molar-refractivity contribution is -0.136. The van der Waals surface area contributed by atoms with Gasteiger partial charge in [-0.1, -0.05) is 36.4 Å². The Kier molecular flexibility index (Phi) is 6.12. The predicted molar refractivity (Wildman–Crippen MR) is 117 cm³/mol. The van der Waals surface area contributed by atoms with E-state index >= 15 is 0 Å². The molecule has 4 rings (SSSR count). The van der Waals surface area contributed by atoms with Crippen molar-refractivity contribution in [2.24, 2.45) is 0 Å². The highest BCUT2D eigenvalue weighted by Crippen LogP contribution is 2.31. The topological polar surface area (TPSA) is 91.7 Å². The maximum absolute atomic E-state index is 12.8. The van der Waals surface area contributed by atoms with Crippen molar-refractivity contribution in [3.8, 4) is 0 Å². The predicted octanol–water partition coefficient (Wildman–Crippen LogP) is 3.17. The molecule has 2 aromatic carbocycles. The Morgan fingerprint density at radius 2 is 1.81 bits per heavy atom. The van der Waals surface area contributed by atoms with E-state index in [2.05, 4.69) is 10.6 Å². The zero-order valence-corrected chi connectivity index (χ0v) is 17.0. The number of aryl methyl sites for hydroxylation is 1.